The summed E-state index contributed by atoms with van der Waals surface area (Å²) in [7, 11) is 0. The minimum Gasteiger partial charge on any atom is -0.196 e. The highest BCUT2D eigenvalue weighted by Gasteiger charge is 2.77. The van der Waals surface area contributed by atoms with E-state index in [1.165, 1.54) is 0 Å². The predicted octanol–water partition coefficient (Wildman–Crippen LogP) is 2.65. The zero-order valence-electron chi connectivity index (χ0n) is 10.4. The molecular formula is C14H14N4. The third kappa shape index (κ3) is 0.978. The molecule has 4 heteroatoms. The smallest absolute Gasteiger partial charge is 0.181 e. The molecule has 2 unspecified atom stereocenters. The molecule has 2 aliphatic rings. The van der Waals surface area contributed by atoms with Gasteiger partial charge in [-0.05, 0) is 31.6 Å². The summed E-state index contributed by atoms with van der Waals surface area (Å²) in [5, 5.41) is 38.0. The fourth-order valence-electron chi connectivity index (χ4n) is 4.27. The van der Waals surface area contributed by atoms with Crippen LogP contribution in [0.15, 0.2) is 0 Å². The van der Waals surface area contributed by atoms with Crippen molar-refractivity contribution in [2.75, 3.05) is 0 Å². The summed E-state index contributed by atoms with van der Waals surface area (Å²) in [6.45, 7) is 2.01. The minimum atomic E-state index is -1.46. The van der Waals surface area contributed by atoms with Crippen molar-refractivity contribution in [3.8, 4) is 24.3 Å². The number of nitriles is 4. The van der Waals surface area contributed by atoms with Crippen molar-refractivity contribution >= 4 is 0 Å². The van der Waals surface area contributed by atoms with Crippen molar-refractivity contribution in [1.82, 2.24) is 0 Å². The van der Waals surface area contributed by atoms with Gasteiger partial charge in [-0.1, -0.05) is 13.3 Å². The standard InChI is InChI=1S/C14H14N4/c1-2-4-12-5-3-11(6-12)13(7-15,8-16)14(12,9-17)10-18/h11H,2-6H2,1H3. The fourth-order valence-corrected chi connectivity index (χ4v) is 4.27. The van der Waals surface area contributed by atoms with Crippen LogP contribution >= 0.6 is 0 Å². The average Bonchev–Trinajstić information content (AvgIpc) is 2.91. The maximum Gasteiger partial charge on any atom is 0.181 e. The van der Waals surface area contributed by atoms with Crippen LogP contribution in [0.2, 0.25) is 0 Å². The van der Waals surface area contributed by atoms with E-state index in [0.717, 1.165) is 25.7 Å². The molecule has 0 aromatic rings. The predicted molar refractivity (Wildman–Crippen MR) is 62.0 cm³/mol. The van der Waals surface area contributed by atoms with E-state index in [-0.39, 0.29) is 5.92 Å². The van der Waals surface area contributed by atoms with Crippen LogP contribution in [0.3, 0.4) is 0 Å². The van der Waals surface area contributed by atoms with Crippen LogP contribution in [-0.2, 0) is 0 Å². The van der Waals surface area contributed by atoms with E-state index in [9.17, 15) is 21.0 Å². The Bertz CT molecular complexity index is 508. The average molecular weight is 238 g/mol. The lowest BCUT2D eigenvalue weighted by molar-refractivity contribution is 0.0887. The molecule has 0 radical (unpaired) electrons. The van der Waals surface area contributed by atoms with Crippen molar-refractivity contribution in [3.63, 3.8) is 0 Å². The second-order valence-corrected chi connectivity index (χ2v) is 5.48. The molecule has 2 fully saturated rings. The summed E-state index contributed by atoms with van der Waals surface area (Å²) in [5.74, 6) is -0.127. The molecule has 0 amide bonds. The molecule has 4 nitrogen and oxygen atoms in total. The van der Waals surface area contributed by atoms with Crippen LogP contribution in [0, 0.1) is 67.5 Å². The maximum atomic E-state index is 9.55. The Hall–Kier alpha value is -2.04. The van der Waals surface area contributed by atoms with Gasteiger partial charge in [-0.2, -0.15) is 21.0 Å². The highest BCUT2D eigenvalue weighted by molar-refractivity contribution is 5.44. The summed E-state index contributed by atoms with van der Waals surface area (Å²) >= 11 is 0. The summed E-state index contributed by atoms with van der Waals surface area (Å²) in [5.41, 5.74) is -3.35. The van der Waals surface area contributed by atoms with Crippen LogP contribution < -0.4 is 0 Å². The quantitative estimate of drug-likeness (QED) is 0.738. The lowest BCUT2D eigenvalue weighted by atomic mass is 9.52. The third-order valence-electron chi connectivity index (χ3n) is 5.02. The SMILES string of the molecule is CCCC12CCC(C1)C(C#N)(C#N)C2(C#N)C#N. The van der Waals surface area contributed by atoms with E-state index in [1.54, 1.807) is 0 Å². The Morgan fingerprint density at radius 3 is 2.11 bits per heavy atom. The van der Waals surface area contributed by atoms with Gasteiger partial charge in [0.15, 0.2) is 10.8 Å². The zero-order chi connectivity index (χ0) is 13.4. The van der Waals surface area contributed by atoms with Crippen molar-refractivity contribution in [1.29, 1.82) is 21.0 Å². The lowest BCUT2D eigenvalue weighted by Crippen LogP contribution is -2.48. The molecule has 0 heterocycles. The van der Waals surface area contributed by atoms with Crippen molar-refractivity contribution in [3.05, 3.63) is 0 Å². The lowest BCUT2D eigenvalue weighted by Gasteiger charge is -2.42. The van der Waals surface area contributed by atoms with E-state index in [2.05, 4.69) is 12.1 Å². The molecule has 2 bridgehead atoms. The largest absolute Gasteiger partial charge is 0.196 e. The van der Waals surface area contributed by atoms with Crippen LogP contribution in [0.4, 0.5) is 0 Å². The highest BCUT2D eigenvalue weighted by Crippen LogP contribution is 2.73. The van der Waals surface area contributed by atoms with Gasteiger partial charge in [-0.25, -0.2) is 0 Å². The molecule has 0 spiro atoms. The molecular weight excluding hydrogens is 224 g/mol. The van der Waals surface area contributed by atoms with Gasteiger partial charge in [0.2, 0.25) is 0 Å². The molecule has 2 aliphatic carbocycles. The molecule has 0 saturated heterocycles. The number of fused-ring (bicyclic) bond motifs is 2. The topological polar surface area (TPSA) is 95.2 Å². The minimum absolute atomic E-state index is 0.127. The summed E-state index contributed by atoms with van der Waals surface area (Å²) in [6.07, 6.45) is 3.85. The second kappa shape index (κ2) is 3.73. The van der Waals surface area contributed by atoms with E-state index in [4.69, 9.17) is 0 Å². The van der Waals surface area contributed by atoms with Gasteiger partial charge in [0, 0.05) is 5.41 Å². The Morgan fingerprint density at radius 2 is 1.67 bits per heavy atom. The first kappa shape index (κ1) is 12.4. The Kier molecular flexibility index (Phi) is 2.57. The zero-order valence-corrected chi connectivity index (χ0v) is 10.4. The van der Waals surface area contributed by atoms with Crippen molar-refractivity contribution < 1.29 is 0 Å². The first-order valence-electron chi connectivity index (χ1n) is 6.27. The van der Waals surface area contributed by atoms with Crippen LogP contribution in [0.1, 0.15) is 39.0 Å². The van der Waals surface area contributed by atoms with Gasteiger partial charge in [0.25, 0.3) is 0 Å². The summed E-state index contributed by atoms with van der Waals surface area (Å²) < 4.78 is 0. The highest BCUT2D eigenvalue weighted by atomic mass is 14.8. The van der Waals surface area contributed by atoms with Crippen LogP contribution in [0.5, 0.6) is 0 Å². The van der Waals surface area contributed by atoms with E-state index >= 15 is 0 Å². The van der Waals surface area contributed by atoms with Gasteiger partial charge in [-0.3, -0.25) is 0 Å². The number of hydrogen-bond donors (Lipinski definition) is 0. The molecule has 2 rings (SSSR count). The maximum absolute atomic E-state index is 9.55. The molecule has 18 heavy (non-hydrogen) atoms. The number of rotatable bonds is 2. The second-order valence-electron chi connectivity index (χ2n) is 5.48. The molecule has 0 aromatic heterocycles. The van der Waals surface area contributed by atoms with E-state index in [0.29, 0.717) is 6.42 Å². The van der Waals surface area contributed by atoms with Crippen molar-refractivity contribution in [2.24, 2.45) is 22.2 Å². The van der Waals surface area contributed by atoms with Gasteiger partial charge in [-0.15, -0.1) is 0 Å². The number of nitrogens with zero attached hydrogens (tertiary/aromatic N) is 4. The van der Waals surface area contributed by atoms with Gasteiger partial charge in [0.1, 0.15) is 0 Å². The molecule has 2 atom stereocenters. The Labute approximate surface area is 107 Å². The molecule has 90 valence electrons. The van der Waals surface area contributed by atoms with E-state index < -0.39 is 16.2 Å². The third-order valence-corrected chi connectivity index (χ3v) is 5.02. The number of hydrogen-bond acceptors (Lipinski definition) is 4. The molecule has 0 aromatic carbocycles. The normalized spacial score (nSPS) is 33.9. The van der Waals surface area contributed by atoms with Crippen LogP contribution in [0.25, 0.3) is 0 Å². The molecule has 0 aliphatic heterocycles. The Morgan fingerprint density at radius 1 is 1.06 bits per heavy atom. The summed E-state index contributed by atoms with van der Waals surface area (Å²) in [4.78, 5) is 0. The molecule has 2 saturated carbocycles. The van der Waals surface area contributed by atoms with Crippen molar-refractivity contribution in [2.45, 2.75) is 39.0 Å². The fraction of sp³-hybridized carbons (Fsp3) is 0.714. The summed E-state index contributed by atoms with van der Waals surface area (Å²) in [6, 6.07) is 8.20. The van der Waals surface area contributed by atoms with Gasteiger partial charge < -0.3 is 0 Å². The van der Waals surface area contributed by atoms with E-state index in [1.807, 2.05) is 19.1 Å². The van der Waals surface area contributed by atoms with Gasteiger partial charge in [0.05, 0.1) is 24.3 Å². The monoisotopic (exact) mass is 238 g/mol. The Balaban J connectivity index is 2.70. The first-order valence-corrected chi connectivity index (χ1v) is 6.27. The molecule has 0 N–H and O–H groups in total. The van der Waals surface area contributed by atoms with Gasteiger partial charge >= 0.3 is 0 Å². The van der Waals surface area contributed by atoms with Crippen LogP contribution in [-0.4, -0.2) is 0 Å². The first-order chi connectivity index (χ1) is 8.62.